The van der Waals surface area contributed by atoms with Crippen molar-refractivity contribution in [3.63, 3.8) is 0 Å². The maximum Gasteiger partial charge on any atom is 0.469 e. The molecule has 0 spiro atoms. The molecule has 0 bridgehead atoms. The number of nitrogens with zero attached hydrogens (tertiary/aromatic N) is 2. The summed E-state index contributed by atoms with van der Waals surface area (Å²) in [5.74, 6) is 0. The van der Waals surface area contributed by atoms with E-state index < -0.39 is 62.7 Å². The smallest absolute Gasteiger partial charge is 0.394 e. The number of aliphatic hydroxyl groups is 4. The van der Waals surface area contributed by atoms with Gasteiger partial charge < -0.3 is 30.2 Å². The van der Waals surface area contributed by atoms with Crippen molar-refractivity contribution in [2.45, 2.75) is 37.7 Å². The molecular formula is C14H21N4O11P. The van der Waals surface area contributed by atoms with Crippen LogP contribution in [-0.2, 0) is 22.1 Å². The summed E-state index contributed by atoms with van der Waals surface area (Å²) in [6.45, 7) is -1.97. The van der Waals surface area contributed by atoms with Gasteiger partial charge in [0.05, 0.1) is 19.8 Å². The number of hydrogen-bond donors (Lipinski definition) is 8. The van der Waals surface area contributed by atoms with Crippen molar-refractivity contribution >= 4 is 19.0 Å². The van der Waals surface area contributed by atoms with Gasteiger partial charge in [0.1, 0.15) is 29.7 Å². The molecule has 2 aromatic heterocycles. The van der Waals surface area contributed by atoms with E-state index >= 15 is 0 Å². The predicted octanol–water partition coefficient (Wildman–Crippen LogP) is -4.11. The molecule has 2 rings (SSSR count). The van der Waals surface area contributed by atoms with Crippen LogP contribution in [0, 0.1) is 0 Å². The molecule has 0 fully saturated rings. The molecule has 0 saturated carbocycles. The lowest BCUT2D eigenvalue weighted by Crippen LogP contribution is -2.44. The summed E-state index contributed by atoms with van der Waals surface area (Å²) in [5.41, 5.74) is -3.74. The van der Waals surface area contributed by atoms with Crippen LogP contribution in [0.4, 0.5) is 0 Å². The molecule has 0 saturated heterocycles. The molecule has 15 nitrogen and oxygen atoms in total. The lowest BCUT2D eigenvalue weighted by atomic mass is 10.1. The number of aromatic amines is 2. The molecule has 0 radical (unpaired) electrons. The Labute approximate surface area is 166 Å². The van der Waals surface area contributed by atoms with Crippen LogP contribution in [0.15, 0.2) is 14.4 Å². The molecule has 16 heteroatoms. The van der Waals surface area contributed by atoms with Crippen LogP contribution in [-0.4, -0.2) is 81.3 Å². The first-order chi connectivity index (χ1) is 13.9. The first kappa shape index (κ1) is 24.0. The highest BCUT2D eigenvalue weighted by molar-refractivity contribution is 7.46. The van der Waals surface area contributed by atoms with Crippen LogP contribution in [0.25, 0.3) is 11.2 Å². The molecule has 0 aliphatic heterocycles. The van der Waals surface area contributed by atoms with Crippen molar-refractivity contribution in [3.05, 3.63) is 36.9 Å². The second kappa shape index (κ2) is 9.72. The van der Waals surface area contributed by atoms with Crippen molar-refractivity contribution < 1.29 is 39.3 Å². The van der Waals surface area contributed by atoms with E-state index in [1.165, 1.54) is 0 Å². The molecule has 8 N–H and O–H groups in total. The molecule has 0 aliphatic carbocycles. The average Bonchev–Trinajstić information content (AvgIpc) is 2.66. The van der Waals surface area contributed by atoms with Gasteiger partial charge in [0.15, 0.2) is 5.52 Å². The summed E-state index contributed by atoms with van der Waals surface area (Å²) in [6, 6.07) is 0. The SMILES string of the molecule is O=c1[nH]c(=O)c2nc(CCCOP(=O)(O)O)c(=O)n(C[C@H](O)[C@H](O)[C@H](O)CO)c2[nH]1. The Morgan fingerprint density at radius 1 is 1.10 bits per heavy atom. The summed E-state index contributed by atoms with van der Waals surface area (Å²) < 4.78 is 15.7. The summed E-state index contributed by atoms with van der Waals surface area (Å²) in [6.07, 6.45) is -5.57. The van der Waals surface area contributed by atoms with Crippen LogP contribution < -0.4 is 16.8 Å². The van der Waals surface area contributed by atoms with Crippen LogP contribution in [0.3, 0.4) is 0 Å². The van der Waals surface area contributed by atoms with Crippen molar-refractivity contribution in [2.24, 2.45) is 0 Å². The third-order valence-electron chi connectivity index (χ3n) is 4.07. The first-order valence-electron chi connectivity index (χ1n) is 8.55. The summed E-state index contributed by atoms with van der Waals surface area (Å²) in [4.78, 5) is 61.8. The van der Waals surface area contributed by atoms with E-state index in [2.05, 4.69) is 14.5 Å². The lowest BCUT2D eigenvalue weighted by Gasteiger charge is -2.22. The van der Waals surface area contributed by atoms with Crippen LogP contribution in [0.1, 0.15) is 12.1 Å². The van der Waals surface area contributed by atoms with Crippen molar-refractivity contribution in [3.8, 4) is 0 Å². The zero-order valence-corrected chi connectivity index (χ0v) is 16.2. The predicted molar refractivity (Wildman–Crippen MR) is 98.7 cm³/mol. The maximum absolute atomic E-state index is 12.8. The number of phosphoric acid groups is 1. The molecule has 0 unspecified atom stereocenters. The van der Waals surface area contributed by atoms with Gasteiger partial charge in [0.25, 0.3) is 11.1 Å². The van der Waals surface area contributed by atoms with Gasteiger partial charge in [-0.05, 0) is 12.8 Å². The van der Waals surface area contributed by atoms with Gasteiger partial charge in [0, 0.05) is 0 Å². The van der Waals surface area contributed by atoms with Crippen molar-refractivity contribution in [1.82, 2.24) is 19.5 Å². The Kier molecular flexibility index (Phi) is 7.79. The van der Waals surface area contributed by atoms with Gasteiger partial charge in [-0.15, -0.1) is 0 Å². The highest BCUT2D eigenvalue weighted by Crippen LogP contribution is 2.35. The van der Waals surface area contributed by atoms with Gasteiger partial charge in [-0.1, -0.05) is 0 Å². The van der Waals surface area contributed by atoms with E-state index in [1.54, 1.807) is 0 Å². The second-order valence-electron chi connectivity index (χ2n) is 6.31. The Morgan fingerprint density at radius 2 is 1.77 bits per heavy atom. The standard InChI is InChI=1S/C14H21N4O11P/c19-5-8(21)10(22)7(20)4-18-11-9(12(23)17-14(25)16-11)15-6(13(18)24)2-1-3-29-30(26,27)28/h7-8,10,19-22H,1-5H2,(H2,26,27,28)(H2,16,17,23,25)/t7-,8+,10-/m0/s1. The minimum atomic E-state index is -4.71. The molecule has 0 aromatic carbocycles. The fourth-order valence-electron chi connectivity index (χ4n) is 2.63. The van der Waals surface area contributed by atoms with Gasteiger partial charge >= 0.3 is 13.5 Å². The lowest BCUT2D eigenvalue weighted by molar-refractivity contribution is -0.0805. The molecule has 30 heavy (non-hydrogen) atoms. The van der Waals surface area contributed by atoms with Crippen LogP contribution >= 0.6 is 7.82 Å². The molecule has 2 aromatic rings. The number of H-pyrrole nitrogens is 2. The quantitative estimate of drug-likeness (QED) is 0.126. The number of nitrogens with one attached hydrogen (secondary N) is 2. The number of phosphoric ester groups is 1. The van der Waals surface area contributed by atoms with Gasteiger partial charge in [-0.3, -0.25) is 28.6 Å². The number of fused-ring (bicyclic) bond motifs is 1. The monoisotopic (exact) mass is 452 g/mol. The minimum Gasteiger partial charge on any atom is -0.394 e. The van der Waals surface area contributed by atoms with Crippen molar-refractivity contribution in [2.75, 3.05) is 13.2 Å². The molecule has 3 atom stereocenters. The topological polar surface area (TPSA) is 248 Å². The van der Waals surface area contributed by atoms with Crippen molar-refractivity contribution in [1.29, 1.82) is 0 Å². The van der Waals surface area contributed by atoms with E-state index in [9.17, 15) is 34.3 Å². The highest BCUT2D eigenvalue weighted by atomic mass is 31.2. The van der Waals surface area contributed by atoms with Gasteiger partial charge in [-0.2, -0.15) is 0 Å². The zero-order chi connectivity index (χ0) is 22.6. The van der Waals surface area contributed by atoms with Gasteiger partial charge in [-0.25, -0.2) is 14.3 Å². The van der Waals surface area contributed by atoms with Crippen LogP contribution in [0.5, 0.6) is 0 Å². The van der Waals surface area contributed by atoms with E-state index in [1.807, 2.05) is 4.98 Å². The Balaban J connectivity index is 2.46. The normalized spacial score (nSPS) is 15.3. The number of aromatic nitrogens is 4. The summed E-state index contributed by atoms with van der Waals surface area (Å²) in [5, 5.41) is 38.3. The molecule has 0 aliphatic rings. The van der Waals surface area contributed by atoms with Crippen LogP contribution in [0.2, 0.25) is 0 Å². The molecule has 0 amide bonds. The van der Waals surface area contributed by atoms with Gasteiger partial charge in [0.2, 0.25) is 0 Å². The van der Waals surface area contributed by atoms with E-state index in [-0.39, 0.29) is 29.7 Å². The molecule has 2 heterocycles. The highest BCUT2D eigenvalue weighted by Gasteiger charge is 2.26. The minimum absolute atomic E-state index is 0.0610. The molecular weight excluding hydrogens is 431 g/mol. The number of aryl methyl sites for hydroxylation is 1. The first-order valence-corrected chi connectivity index (χ1v) is 10.1. The third kappa shape index (κ3) is 5.90. The second-order valence-corrected chi connectivity index (χ2v) is 7.55. The fourth-order valence-corrected chi connectivity index (χ4v) is 2.99. The Bertz CT molecular complexity index is 1100. The largest absolute Gasteiger partial charge is 0.469 e. The fraction of sp³-hybridized carbons (Fsp3) is 0.571. The maximum atomic E-state index is 12.8. The Hall–Kier alpha value is -2.23. The van der Waals surface area contributed by atoms with E-state index in [4.69, 9.17) is 14.9 Å². The summed E-state index contributed by atoms with van der Waals surface area (Å²) in [7, 11) is -4.71. The van der Waals surface area contributed by atoms with E-state index in [0.29, 0.717) is 0 Å². The average molecular weight is 452 g/mol. The summed E-state index contributed by atoms with van der Waals surface area (Å²) >= 11 is 0. The van der Waals surface area contributed by atoms with E-state index in [0.717, 1.165) is 4.57 Å². The number of rotatable bonds is 10. The number of aliphatic hydroxyl groups excluding tert-OH is 4. The Morgan fingerprint density at radius 3 is 2.37 bits per heavy atom. The number of hydrogen-bond acceptors (Lipinski definition) is 10. The third-order valence-corrected chi connectivity index (χ3v) is 4.59. The zero-order valence-electron chi connectivity index (χ0n) is 15.3. The molecule has 168 valence electrons.